The van der Waals surface area contributed by atoms with E-state index in [1.807, 2.05) is 4.90 Å². The minimum atomic E-state index is -0.0435. The third kappa shape index (κ3) is 4.74. The van der Waals surface area contributed by atoms with Gasteiger partial charge in [-0.3, -0.25) is 10.1 Å². The van der Waals surface area contributed by atoms with Crippen LogP contribution in [0.25, 0.3) is 0 Å². The van der Waals surface area contributed by atoms with Crippen molar-refractivity contribution in [3.63, 3.8) is 0 Å². The minimum absolute atomic E-state index is 0.0435. The molecule has 0 saturated carbocycles. The van der Waals surface area contributed by atoms with Crippen LogP contribution in [0, 0.1) is 17.8 Å². The summed E-state index contributed by atoms with van der Waals surface area (Å²) < 4.78 is 5.66. The monoisotopic (exact) mass is 284 g/mol. The van der Waals surface area contributed by atoms with Crippen LogP contribution >= 0.6 is 0 Å². The second kappa shape index (κ2) is 7.99. The van der Waals surface area contributed by atoms with Crippen molar-refractivity contribution < 1.29 is 9.53 Å². The first-order valence-electron chi connectivity index (χ1n) is 7.98. The lowest BCUT2D eigenvalue weighted by molar-refractivity contribution is -0.132. The van der Waals surface area contributed by atoms with E-state index in [4.69, 9.17) is 4.74 Å². The van der Waals surface area contributed by atoms with E-state index in [0.717, 1.165) is 13.0 Å². The number of hydrogen-bond donors (Lipinski definition) is 1. The second-order valence-electron chi connectivity index (χ2n) is 6.90. The van der Waals surface area contributed by atoms with E-state index in [1.54, 1.807) is 0 Å². The van der Waals surface area contributed by atoms with E-state index in [1.165, 1.54) is 0 Å². The van der Waals surface area contributed by atoms with Crippen LogP contribution in [-0.2, 0) is 9.53 Å². The van der Waals surface area contributed by atoms with Crippen molar-refractivity contribution in [2.24, 2.45) is 17.8 Å². The van der Waals surface area contributed by atoms with Gasteiger partial charge in [-0.1, -0.05) is 41.5 Å². The fraction of sp³-hybridized carbons (Fsp3) is 0.938. The van der Waals surface area contributed by atoms with Crippen LogP contribution in [0.3, 0.4) is 0 Å². The lowest BCUT2D eigenvalue weighted by atomic mass is 10.1. The van der Waals surface area contributed by atoms with Gasteiger partial charge in [-0.15, -0.1) is 0 Å². The van der Waals surface area contributed by atoms with Crippen LogP contribution < -0.4 is 5.32 Å². The number of carbonyl (C=O) groups excluding carboxylic acids is 1. The van der Waals surface area contributed by atoms with Crippen LogP contribution in [0.15, 0.2) is 0 Å². The minimum Gasteiger partial charge on any atom is -0.380 e. The van der Waals surface area contributed by atoms with Gasteiger partial charge in [0, 0.05) is 13.2 Å². The summed E-state index contributed by atoms with van der Waals surface area (Å²) in [6.45, 7) is 15.0. The molecule has 20 heavy (non-hydrogen) atoms. The Balaban J connectivity index is 2.46. The first-order valence-corrected chi connectivity index (χ1v) is 7.98. The van der Waals surface area contributed by atoms with E-state index in [0.29, 0.717) is 30.9 Å². The Morgan fingerprint density at radius 2 is 1.75 bits per heavy atom. The Morgan fingerprint density at radius 3 is 2.25 bits per heavy atom. The standard InChI is InChI=1S/C16H32N2O2/c1-11(2)7-9-20-10-8-18-15(13(5)6)17-14(12(3)4)16(18)19/h11-15,17H,7-10H2,1-6H3. The molecule has 0 aromatic rings. The van der Waals surface area contributed by atoms with E-state index in [2.05, 4.69) is 46.9 Å². The molecule has 0 bridgehead atoms. The van der Waals surface area contributed by atoms with Crippen LogP contribution in [0.4, 0.5) is 0 Å². The number of amides is 1. The smallest absolute Gasteiger partial charge is 0.241 e. The van der Waals surface area contributed by atoms with E-state index < -0.39 is 0 Å². The number of rotatable bonds is 8. The Hall–Kier alpha value is -0.610. The normalized spacial score (nSPS) is 23.6. The molecule has 2 unspecified atom stereocenters. The van der Waals surface area contributed by atoms with Crippen LogP contribution in [-0.4, -0.2) is 42.8 Å². The van der Waals surface area contributed by atoms with Crippen molar-refractivity contribution in [3.8, 4) is 0 Å². The molecule has 1 aliphatic rings. The summed E-state index contributed by atoms with van der Waals surface area (Å²) >= 11 is 0. The first kappa shape index (κ1) is 17.4. The van der Waals surface area contributed by atoms with Crippen molar-refractivity contribution in [2.75, 3.05) is 19.8 Å². The van der Waals surface area contributed by atoms with Crippen LogP contribution in [0.2, 0.25) is 0 Å². The molecule has 0 aromatic carbocycles. The maximum Gasteiger partial charge on any atom is 0.241 e. The summed E-state index contributed by atoms with van der Waals surface area (Å²) in [6, 6.07) is -0.0435. The zero-order valence-electron chi connectivity index (χ0n) is 14.0. The first-order chi connectivity index (χ1) is 9.34. The molecule has 4 nitrogen and oxygen atoms in total. The Bertz CT molecular complexity index is 303. The molecular formula is C16H32N2O2. The van der Waals surface area contributed by atoms with E-state index in [-0.39, 0.29) is 18.1 Å². The number of nitrogens with one attached hydrogen (secondary N) is 1. The summed E-state index contributed by atoms with van der Waals surface area (Å²) in [7, 11) is 0. The molecule has 0 radical (unpaired) electrons. The van der Waals surface area contributed by atoms with Gasteiger partial charge in [-0.05, 0) is 24.2 Å². The predicted octanol–water partition coefficient (Wildman–Crippen LogP) is 2.49. The van der Waals surface area contributed by atoms with Gasteiger partial charge in [0.2, 0.25) is 5.91 Å². The van der Waals surface area contributed by atoms with Gasteiger partial charge >= 0.3 is 0 Å². The molecule has 1 rings (SSSR count). The van der Waals surface area contributed by atoms with Gasteiger partial charge in [0.05, 0.1) is 18.8 Å². The van der Waals surface area contributed by atoms with Crippen LogP contribution in [0.5, 0.6) is 0 Å². The van der Waals surface area contributed by atoms with E-state index in [9.17, 15) is 4.79 Å². The summed E-state index contributed by atoms with van der Waals surface area (Å²) in [6.07, 6.45) is 1.22. The molecule has 0 aromatic heterocycles. The zero-order chi connectivity index (χ0) is 15.3. The van der Waals surface area contributed by atoms with Gasteiger partial charge in [-0.25, -0.2) is 0 Å². The molecular weight excluding hydrogens is 252 g/mol. The molecule has 1 fully saturated rings. The van der Waals surface area contributed by atoms with Gasteiger partial charge < -0.3 is 9.64 Å². The fourth-order valence-electron chi connectivity index (χ4n) is 2.52. The zero-order valence-corrected chi connectivity index (χ0v) is 14.0. The number of nitrogens with zero attached hydrogens (tertiary/aromatic N) is 1. The maximum atomic E-state index is 12.4. The summed E-state index contributed by atoms with van der Waals surface area (Å²) in [5, 5.41) is 3.47. The fourth-order valence-corrected chi connectivity index (χ4v) is 2.52. The molecule has 2 atom stereocenters. The second-order valence-corrected chi connectivity index (χ2v) is 6.90. The Kier molecular flexibility index (Phi) is 6.96. The van der Waals surface area contributed by atoms with Crippen molar-refractivity contribution in [1.29, 1.82) is 0 Å². The maximum absolute atomic E-state index is 12.4. The Morgan fingerprint density at radius 1 is 1.10 bits per heavy atom. The largest absolute Gasteiger partial charge is 0.380 e. The van der Waals surface area contributed by atoms with Crippen molar-refractivity contribution in [1.82, 2.24) is 10.2 Å². The molecule has 0 aliphatic carbocycles. The Labute approximate surface area is 124 Å². The highest BCUT2D eigenvalue weighted by molar-refractivity contribution is 5.84. The average Bonchev–Trinajstić information content (AvgIpc) is 2.66. The molecule has 1 heterocycles. The highest BCUT2D eigenvalue weighted by Gasteiger charge is 2.41. The lowest BCUT2D eigenvalue weighted by Crippen LogP contribution is -2.43. The number of ether oxygens (including phenoxy) is 1. The van der Waals surface area contributed by atoms with E-state index >= 15 is 0 Å². The molecule has 4 heteroatoms. The summed E-state index contributed by atoms with van der Waals surface area (Å²) in [5.74, 6) is 1.64. The van der Waals surface area contributed by atoms with Crippen LogP contribution in [0.1, 0.15) is 48.0 Å². The lowest BCUT2D eigenvalue weighted by Gasteiger charge is -2.27. The quantitative estimate of drug-likeness (QED) is 0.696. The number of carbonyl (C=O) groups is 1. The average molecular weight is 284 g/mol. The SMILES string of the molecule is CC(C)CCOCCN1C(=O)C(C(C)C)NC1C(C)C. The van der Waals surface area contributed by atoms with Crippen molar-refractivity contribution in [3.05, 3.63) is 0 Å². The molecule has 118 valence electrons. The molecule has 1 saturated heterocycles. The van der Waals surface area contributed by atoms with Crippen molar-refractivity contribution >= 4 is 5.91 Å². The molecule has 0 spiro atoms. The third-order valence-electron chi connectivity index (χ3n) is 3.85. The van der Waals surface area contributed by atoms with Gasteiger partial charge in [0.15, 0.2) is 0 Å². The summed E-state index contributed by atoms with van der Waals surface area (Å²) in [5.41, 5.74) is 0. The summed E-state index contributed by atoms with van der Waals surface area (Å²) in [4.78, 5) is 14.4. The highest BCUT2D eigenvalue weighted by atomic mass is 16.5. The molecule has 1 amide bonds. The van der Waals surface area contributed by atoms with Crippen molar-refractivity contribution in [2.45, 2.75) is 60.2 Å². The van der Waals surface area contributed by atoms with Gasteiger partial charge in [0.1, 0.15) is 0 Å². The molecule has 1 N–H and O–H groups in total. The third-order valence-corrected chi connectivity index (χ3v) is 3.85. The topological polar surface area (TPSA) is 41.6 Å². The van der Waals surface area contributed by atoms with Gasteiger partial charge in [-0.2, -0.15) is 0 Å². The predicted molar refractivity (Wildman–Crippen MR) is 82.4 cm³/mol. The number of hydrogen-bond acceptors (Lipinski definition) is 3. The highest BCUT2D eigenvalue weighted by Crippen LogP contribution is 2.21. The molecule has 1 aliphatic heterocycles. The van der Waals surface area contributed by atoms with Gasteiger partial charge in [0.25, 0.3) is 0 Å².